The Bertz CT molecular complexity index is 1180. The van der Waals surface area contributed by atoms with Gasteiger partial charge in [0.05, 0.1) is 24.3 Å². The number of nitrogens with zero attached hydrogens (tertiary/aromatic N) is 4. The number of hydrogen-bond donors (Lipinski definition) is 2. The first-order valence-corrected chi connectivity index (χ1v) is 12.3. The van der Waals surface area contributed by atoms with Crippen molar-refractivity contribution in [3.8, 4) is 11.6 Å². The van der Waals surface area contributed by atoms with Crippen LogP contribution in [0.2, 0.25) is 0 Å². The van der Waals surface area contributed by atoms with Crippen molar-refractivity contribution >= 4 is 32.7 Å². The van der Waals surface area contributed by atoms with Crippen LogP contribution in [0.4, 0.5) is 11.5 Å². The molecule has 0 bridgehead atoms. The fourth-order valence-electron chi connectivity index (χ4n) is 3.70. The maximum atomic E-state index is 12.9. The molecule has 178 valence electrons. The molecule has 0 amide bonds. The van der Waals surface area contributed by atoms with Crippen molar-refractivity contribution in [2.75, 3.05) is 42.6 Å². The van der Waals surface area contributed by atoms with Gasteiger partial charge in [0.1, 0.15) is 11.6 Å². The van der Waals surface area contributed by atoms with E-state index in [0.717, 1.165) is 24.6 Å². The number of hydrogen-bond acceptors (Lipinski definition) is 9. The Labute approximate surface area is 192 Å². The van der Waals surface area contributed by atoms with Gasteiger partial charge in [-0.2, -0.15) is 12.7 Å². The molecule has 3 aromatic rings. The summed E-state index contributed by atoms with van der Waals surface area (Å²) in [5, 5.41) is 4.72. The normalized spacial score (nSPS) is 15.8. The van der Waals surface area contributed by atoms with Crippen molar-refractivity contribution < 1.29 is 22.4 Å². The molecule has 2 aromatic heterocycles. The molecule has 0 aliphatic carbocycles. The van der Waals surface area contributed by atoms with Gasteiger partial charge in [-0.15, -0.1) is 0 Å². The Balaban J connectivity index is 1.21. The number of benzene rings is 1. The van der Waals surface area contributed by atoms with Crippen molar-refractivity contribution in [3.63, 3.8) is 0 Å². The molecule has 3 heterocycles. The molecule has 33 heavy (non-hydrogen) atoms. The van der Waals surface area contributed by atoms with Gasteiger partial charge in [-0.25, -0.2) is 10.8 Å². The molecular formula is C21H28N6O5S. The Morgan fingerprint density at radius 3 is 2.85 bits per heavy atom. The summed E-state index contributed by atoms with van der Waals surface area (Å²) < 4.78 is 45.2. The first-order chi connectivity index (χ1) is 16.0. The minimum atomic E-state index is -3.55. The molecule has 1 fully saturated rings. The Morgan fingerprint density at radius 1 is 1.15 bits per heavy atom. The molecule has 0 saturated carbocycles. The predicted molar refractivity (Wildman–Crippen MR) is 124 cm³/mol. The molecular weight excluding hydrogens is 448 g/mol. The average molecular weight is 477 g/mol. The number of fused-ring (bicyclic) bond motifs is 1. The molecule has 1 aliphatic heterocycles. The highest BCUT2D eigenvalue weighted by Gasteiger charge is 2.36. The minimum Gasteiger partial charge on any atom is -0.493 e. The van der Waals surface area contributed by atoms with Gasteiger partial charge < -0.3 is 19.4 Å². The maximum Gasteiger partial charge on any atom is 0.304 e. The van der Waals surface area contributed by atoms with Crippen molar-refractivity contribution in [2.45, 2.75) is 26.2 Å². The monoisotopic (exact) mass is 476 g/mol. The second kappa shape index (κ2) is 10.2. The van der Waals surface area contributed by atoms with E-state index in [1.54, 1.807) is 18.2 Å². The third-order valence-corrected chi connectivity index (χ3v) is 7.32. The van der Waals surface area contributed by atoms with Crippen LogP contribution in [0.25, 0.3) is 11.0 Å². The number of unbranched alkanes of at least 4 members (excludes halogenated alkanes) is 2. The molecule has 0 spiro atoms. The zero-order valence-electron chi connectivity index (χ0n) is 18.4. The third kappa shape index (κ3) is 5.13. The third-order valence-electron chi connectivity index (χ3n) is 5.35. The lowest BCUT2D eigenvalue weighted by atomic mass is 10.2. The number of nitrogens with two attached hydrogens (primary N) is 1. The van der Waals surface area contributed by atoms with E-state index in [2.05, 4.69) is 15.6 Å². The summed E-state index contributed by atoms with van der Waals surface area (Å²) in [6.45, 7) is 4.26. The lowest BCUT2D eigenvalue weighted by molar-refractivity contribution is 0.298. The van der Waals surface area contributed by atoms with Crippen molar-refractivity contribution in [1.82, 2.24) is 14.4 Å². The first-order valence-electron chi connectivity index (χ1n) is 10.9. The Kier molecular flexibility index (Phi) is 7.16. The number of pyridine rings is 1. The van der Waals surface area contributed by atoms with E-state index in [0.29, 0.717) is 61.6 Å². The maximum absolute atomic E-state index is 12.9. The average Bonchev–Trinajstić information content (AvgIpc) is 3.35. The zero-order valence-corrected chi connectivity index (χ0v) is 19.3. The zero-order chi connectivity index (χ0) is 23.3. The summed E-state index contributed by atoms with van der Waals surface area (Å²) in [6, 6.07) is 8.80. The van der Waals surface area contributed by atoms with Crippen LogP contribution in [0, 0.1) is 0 Å². The molecule has 1 aliphatic rings. The summed E-state index contributed by atoms with van der Waals surface area (Å²) in [4.78, 5) is 4.02. The second-order valence-electron chi connectivity index (χ2n) is 7.51. The van der Waals surface area contributed by atoms with Crippen LogP contribution < -0.4 is 25.0 Å². The molecule has 3 N–H and O–H groups in total. The van der Waals surface area contributed by atoms with E-state index in [4.69, 9.17) is 19.8 Å². The van der Waals surface area contributed by atoms with Crippen LogP contribution in [-0.2, 0) is 10.2 Å². The molecule has 0 atom stereocenters. The van der Waals surface area contributed by atoms with Gasteiger partial charge in [-0.1, -0.05) is 0 Å². The minimum absolute atomic E-state index is 0.397. The van der Waals surface area contributed by atoms with Gasteiger partial charge in [0, 0.05) is 38.0 Å². The highest BCUT2D eigenvalue weighted by molar-refractivity contribution is 7.90. The number of aromatic nitrogens is 2. The quantitative estimate of drug-likeness (QED) is 0.243. The number of ether oxygens (including phenoxy) is 2. The van der Waals surface area contributed by atoms with Gasteiger partial charge in [0.15, 0.2) is 5.58 Å². The van der Waals surface area contributed by atoms with E-state index >= 15 is 0 Å². The summed E-state index contributed by atoms with van der Waals surface area (Å²) in [7, 11) is -3.55. The SMILES string of the molecule is CCOc1noc2cc(OCCCCCN3CCN(c4ccnc(NN)c4)S3(=O)=O)ccc12. The smallest absolute Gasteiger partial charge is 0.304 e. The fraction of sp³-hybridized carbons (Fsp3) is 0.429. The van der Waals surface area contributed by atoms with Gasteiger partial charge in [0.25, 0.3) is 5.88 Å². The van der Waals surface area contributed by atoms with Crippen molar-refractivity contribution in [2.24, 2.45) is 5.84 Å². The lowest BCUT2D eigenvalue weighted by Gasteiger charge is -2.20. The highest BCUT2D eigenvalue weighted by atomic mass is 32.2. The Hall–Kier alpha value is -3.09. The largest absolute Gasteiger partial charge is 0.493 e. The molecule has 1 saturated heterocycles. The van der Waals surface area contributed by atoms with Crippen LogP contribution in [-0.4, -0.2) is 55.7 Å². The Morgan fingerprint density at radius 2 is 2.03 bits per heavy atom. The summed E-state index contributed by atoms with van der Waals surface area (Å²) in [5.74, 6) is 6.97. The molecule has 11 nitrogen and oxygen atoms in total. The van der Waals surface area contributed by atoms with E-state index < -0.39 is 10.2 Å². The van der Waals surface area contributed by atoms with Gasteiger partial charge in [-0.05, 0) is 49.5 Å². The second-order valence-corrected chi connectivity index (χ2v) is 9.36. The highest BCUT2D eigenvalue weighted by Crippen LogP contribution is 2.29. The molecule has 1 aromatic carbocycles. The molecule has 4 rings (SSSR count). The summed E-state index contributed by atoms with van der Waals surface area (Å²) in [6.07, 6.45) is 3.94. The van der Waals surface area contributed by atoms with Crippen LogP contribution in [0.15, 0.2) is 41.1 Å². The van der Waals surface area contributed by atoms with Crippen LogP contribution >= 0.6 is 0 Å². The fourth-order valence-corrected chi connectivity index (χ4v) is 5.34. The van der Waals surface area contributed by atoms with Gasteiger partial charge >= 0.3 is 10.2 Å². The number of nitrogen functional groups attached to an aromatic ring is 1. The van der Waals surface area contributed by atoms with Crippen molar-refractivity contribution in [3.05, 3.63) is 36.5 Å². The lowest BCUT2D eigenvalue weighted by Crippen LogP contribution is -2.33. The molecule has 12 heteroatoms. The number of rotatable bonds is 11. The summed E-state index contributed by atoms with van der Waals surface area (Å²) in [5.41, 5.74) is 3.60. The predicted octanol–water partition coefficient (Wildman–Crippen LogP) is 2.52. The molecule has 0 radical (unpaired) electrons. The van der Waals surface area contributed by atoms with E-state index in [9.17, 15) is 8.42 Å². The number of nitrogens with one attached hydrogen (secondary N) is 1. The van der Waals surface area contributed by atoms with Gasteiger partial charge in [0.2, 0.25) is 0 Å². The van der Waals surface area contributed by atoms with E-state index in [1.165, 1.54) is 14.8 Å². The first kappa shape index (κ1) is 23.1. The van der Waals surface area contributed by atoms with E-state index in [1.807, 2.05) is 19.1 Å². The van der Waals surface area contributed by atoms with Gasteiger partial charge in [-0.3, -0.25) is 4.31 Å². The van der Waals surface area contributed by atoms with Crippen molar-refractivity contribution in [1.29, 1.82) is 0 Å². The van der Waals surface area contributed by atoms with E-state index in [-0.39, 0.29) is 0 Å². The number of anilines is 2. The summed E-state index contributed by atoms with van der Waals surface area (Å²) >= 11 is 0. The standard InChI is InChI=1S/C21H28N6O5S/c1-2-30-21-18-7-6-17(15-19(18)32-25-21)31-13-5-3-4-10-26-11-12-27(33(26,28)29)16-8-9-23-20(14-16)24-22/h6-9,14-15H,2-5,10-13,22H2,1H3,(H,23,24). The number of hydrazine groups is 1. The topological polar surface area (TPSA) is 136 Å². The van der Waals surface area contributed by atoms with Crippen LogP contribution in [0.3, 0.4) is 0 Å². The van der Waals surface area contributed by atoms with Crippen LogP contribution in [0.5, 0.6) is 11.6 Å². The van der Waals surface area contributed by atoms with Crippen LogP contribution in [0.1, 0.15) is 26.2 Å². The molecule has 0 unspecified atom stereocenters.